The summed E-state index contributed by atoms with van der Waals surface area (Å²) < 4.78 is 0. The quantitative estimate of drug-likeness (QED) is 0.728. The minimum Gasteiger partial charge on any atom is -0.480 e. The third kappa shape index (κ3) is 2.04. The molecule has 2 fully saturated rings. The lowest BCUT2D eigenvalue weighted by atomic mass is 10.1. The van der Waals surface area contributed by atoms with Crippen LogP contribution in [0.25, 0.3) is 0 Å². The molecule has 1 amide bonds. The smallest absolute Gasteiger partial charge is 0.327 e. The highest BCUT2D eigenvalue weighted by Gasteiger charge is 2.37. The van der Waals surface area contributed by atoms with Crippen LogP contribution < -0.4 is 0 Å². The Balaban J connectivity index is 2.06. The first kappa shape index (κ1) is 11.4. The van der Waals surface area contributed by atoms with E-state index in [-0.39, 0.29) is 5.91 Å². The van der Waals surface area contributed by atoms with E-state index in [0.717, 1.165) is 12.8 Å². The second-order valence-corrected chi connectivity index (χ2v) is 4.73. The Hall–Kier alpha value is -1.10. The van der Waals surface area contributed by atoms with Gasteiger partial charge in [-0.2, -0.15) is 0 Å². The van der Waals surface area contributed by atoms with Gasteiger partial charge in [0.05, 0.1) is 6.54 Å². The lowest BCUT2D eigenvalue weighted by Gasteiger charge is -2.39. The number of amides is 1. The van der Waals surface area contributed by atoms with E-state index in [9.17, 15) is 9.59 Å². The van der Waals surface area contributed by atoms with Crippen molar-refractivity contribution in [1.82, 2.24) is 9.80 Å². The van der Waals surface area contributed by atoms with Gasteiger partial charge in [-0.15, -0.1) is 0 Å². The molecule has 90 valence electrons. The molecule has 5 nitrogen and oxygen atoms in total. The number of carbonyl (C=O) groups is 2. The van der Waals surface area contributed by atoms with Gasteiger partial charge in [-0.25, -0.2) is 4.79 Å². The maximum Gasteiger partial charge on any atom is 0.327 e. The molecule has 1 atom stereocenters. The topological polar surface area (TPSA) is 60.9 Å². The number of carbonyl (C=O) groups excluding carboxylic acids is 1. The van der Waals surface area contributed by atoms with E-state index < -0.39 is 12.0 Å². The van der Waals surface area contributed by atoms with Crippen molar-refractivity contribution in [1.29, 1.82) is 0 Å². The fourth-order valence-corrected chi connectivity index (χ4v) is 2.66. The average molecular weight is 226 g/mol. The second-order valence-electron chi connectivity index (χ2n) is 4.73. The number of aliphatic carboxylic acids is 1. The summed E-state index contributed by atoms with van der Waals surface area (Å²) in [5.41, 5.74) is 0. The van der Waals surface area contributed by atoms with Crippen LogP contribution >= 0.6 is 0 Å². The number of hydrogen-bond acceptors (Lipinski definition) is 3. The van der Waals surface area contributed by atoms with Crippen molar-refractivity contribution < 1.29 is 14.7 Å². The fourth-order valence-electron chi connectivity index (χ4n) is 2.66. The molecule has 1 saturated carbocycles. The first-order valence-corrected chi connectivity index (χ1v) is 5.82. The summed E-state index contributed by atoms with van der Waals surface area (Å²) >= 11 is 0. The Morgan fingerprint density at radius 3 is 2.56 bits per heavy atom. The SMILES string of the molecule is CN1C(=O)CN(C2CCCC2)CC1C(=O)O. The van der Waals surface area contributed by atoms with Crippen LogP contribution in [-0.4, -0.2) is 59.0 Å². The molecule has 0 aromatic heterocycles. The molecule has 0 bridgehead atoms. The zero-order valence-electron chi connectivity index (χ0n) is 9.56. The van der Waals surface area contributed by atoms with Gasteiger partial charge in [0.25, 0.3) is 0 Å². The van der Waals surface area contributed by atoms with Crippen LogP contribution in [0.5, 0.6) is 0 Å². The molecule has 1 N–H and O–H groups in total. The van der Waals surface area contributed by atoms with Crippen LogP contribution in [0, 0.1) is 0 Å². The molecule has 5 heteroatoms. The van der Waals surface area contributed by atoms with Gasteiger partial charge in [0.1, 0.15) is 6.04 Å². The molecule has 0 radical (unpaired) electrons. The van der Waals surface area contributed by atoms with Gasteiger partial charge in [-0.05, 0) is 12.8 Å². The molecule has 1 unspecified atom stereocenters. The Morgan fingerprint density at radius 1 is 1.38 bits per heavy atom. The number of carboxylic acid groups (broad SMARTS) is 1. The zero-order chi connectivity index (χ0) is 11.7. The van der Waals surface area contributed by atoms with Gasteiger partial charge in [-0.3, -0.25) is 9.69 Å². The summed E-state index contributed by atoms with van der Waals surface area (Å²) in [5, 5.41) is 9.07. The summed E-state index contributed by atoms with van der Waals surface area (Å²) in [6.45, 7) is 0.854. The number of carboxylic acids is 1. The zero-order valence-corrected chi connectivity index (χ0v) is 9.56. The summed E-state index contributed by atoms with van der Waals surface area (Å²) in [5.74, 6) is -0.982. The number of piperazine rings is 1. The standard InChI is InChI=1S/C11H18N2O3/c1-12-9(11(15)16)6-13(7-10(12)14)8-4-2-3-5-8/h8-9H,2-7H2,1H3,(H,15,16). The molecular weight excluding hydrogens is 208 g/mol. The maximum absolute atomic E-state index is 11.7. The normalized spacial score (nSPS) is 28.7. The second kappa shape index (κ2) is 4.41. The summed E-state index contributed by atoms with van der Waals surface area (Å²) in [6, 6.07) is -0.263. The number of likely N-dealkylation sites (N-methyl/N-ethyl adjacent to an activating group) is 1. The first-order chi connectivity index (χ1) is 7.59. The number of nitrogens with zero attached hydrogens (tertiary/aromatic N) is 2. The summed E-state index contributed by atoms with van der Waals surface area (Å²) in [6.07, 6.45) is 4.60. The van der Waals surface area contributed by atoms with E-state index in [1.807, 2.05) is 4.90 Å². The molecule has 0 aromatic carbocycles. The molecule has 1 saturated heterocycles. The number of rotatable bonds is 2. The minimum absolute atomic E-state index is 0.0782. The third-order valence-corrected chi connectivity index (χ3v) is 3.73. The molecule has 1 aliphatic heterocycles. The van der Waals surface area contributed by atoms with Gasteiger partial charge >= 0.3 is 5.97 Å². The highest BCUT2D eigenvalue weighted by molar-refractivity contribution is 5.86. The van der Waals surface area contributed by atoms with Crippen molar-refractivity contribution in [3.63, 3.8) is 0 Å². The average Bonchev–Trinajstić information content (AvgIpc) is 2.74. The molecule has 0 spiro atoms. The van der Waals surface area contributed by atoms with Gasteiger partial charge in [0.2, 0.25) is 5.91 Å². The van der Waals surface area contributed by atoms with Crippen LogP contribution in [0.2, 0.25) is 0 Å². The minimum atomic E-state index is -0.904. The molecule has 2 aliphatic rings. The fraction of sp³-hybridized carbons (Fsp3) is 0.818. The van der Waals surface area contributed by atoms with E-state index in [4.69, 9.17) is 5.11 Å². The Kier molecular flexibility index (Phi) is 3.14. The molecular formula is C11H18N2O3. The highest BCUT2D eigenvalue weighted by Crippen LogP contribution is 2.25. The molecule has 2 rings (SSSR count). The summed E-state index contributed by atoms with van der Waals surface area (Å²) in [4.78, 5) is 26.2. The van der Waals surface area contributed by atoms with Gasteiger partial charge in [0, 0.05) is 19.6 Å². The van der Waals surface area contributed by atoms with E-state index >= 15 is 0 Å². The Bertz CT molecular complexity index is 300. The van der Waals surface area contributed by atoms with Crippen molar-refractivity contribution in [3.05, 3.63) is 0 Å². The largest absolute Gasteiger partial charge is 0.480 e. The predicted octanol–water partition coefficient (Wildman–Crippen LogP) is 0.156. The Labute approximate surface area is 95.0 Å². The molecule has 0 aromatic rings. The highest BCUT2D eigenvalue weighted by atomic mass is 16.4. The molecule has 16 heavy (non-hydrogen) atoms. The van der Waals surface area contributed by atoms with Crippen LogP contribution in [0.3, 0.4) is 0 Å². The van der Waals surface area contributed by atoms with E-state index in [0.29, 0.717) is 19.1 Å². The van der Waals surface area contributed by atoms with Crippen LogP contribution in [0.4, 0.5) is 0 Å². The lowest BCUT2D eigenvalue weighted by molar-refractivity contribution is -0.155. The lowest BCUT2D eigenvalue weighted by Crippen LogP contribution is -2.59. The Morgan fingerprint density at radius 2 is 2.00 bits per heavy atom. The third-order valence-electron chi connectivity index (χ3n) is 3.73. The predicted molar refractivity (Wildman–Crippen MR) is 58.0 cm³/mol. The van der Waals surface area contributed by atoms with Crippen LogP contribution in [0.15, 0.2) is 0 Å². The monoisotopic (exact) mass is 226 g/mol. The van der Waals surface area contributed by atoms with Gasteiger partial charge in [0.15, 0.2) is 0 Å². The van der Waals surface area contributed by atoms with Crippen LogP contribution in [-0.2, 0) is 9.59 Å². The summed E-state index contributed by atoms with van der Waals surface area (Å²) in [7, 11) is 1.58. The van der Waals surface area contributed by atoms with E-state index in [1.165, 1.54) is 17.7 Å². The van der Waals surface area contributed by atoms with Crippen molar-refractivity contribution in [3.8, 4) is 0 Å². The van der Waals surface area contributed by atoms with Crippen LogP contribution in [0.1, 0.15) is 25.7 Å². The molecule has 1 heterocycles. The first-order valence-electron chi connectivity index (χ1n) is 5.82. The van der Waals surface area contributed by atoms with E-state index in [1.54, 1.807) is 7.05 Å². The van der Waals surface area contributed by atoms with Crippen molar-refractivity contribution >= 4 is 11.9 Å². The van der Waals surface area contributed by atoms with Crippen molar-refractivity contribution in [2.75, 3.05) is 20.1 Å². The number of hydrogen-bond donors (Lipinski definition) is 1. The molecule has 1 aliphatic carbocycles. The van der Waals surface area contributed by atoms with E-state index in [2.05, 4.69) is 0 Å². The maximum atomic E-state index is 11.7. The van der Waals surface area contributed by atoms with Gasteiger partial charge in [-0.1, -0.05) is 12.8 Å². The van der Waals surface area contributed by atoms with Gasteiger partial charge < -0.3 is 10.0 Å². The van der Waals surface area contributed by atoms with Crippen molar-refractivity contribution in [2.45, 2.75) is 37.8 Å². The van der Waals surface area contributed by atoms with Crippen molar-refractivity contribution in [2.24, 2.45) is 0 Å².